The van der Waals surface area contributed by atoms with E-state index in [9.17, 15) is 0 Å². The summed E-state index contributed by atoms with van der Waals surface area (Å²) in [5.74, 6) is 2.42. The van der Waals surface area contributed by atoms with Crippen molar-refractivity contribution in [3.05, 3.63) is 54.2 Å². The van der Waals surface area contributed by atoms with E-state index >= 15 is 0 Å². The number of rotatable bonds is 7. The minimum Gasteiger partial charge on any atom is -0.361 e. The Hall–Kier alpha value is -2.03. The molecule has 2 heterocycles. The summed E-state index contributed by atoms with van der Waals surface area (Å²) in [5.41, 5.74) is 2.50. The zero-order valence-corrected chi connectivity index (χ0v) is 18.5. The van der Waals surface area contributed by atoms with Crippen molar-refractivity contribution in [2.75, 3.05) is 13.6 Å². The smallest absolute Gasteiger partial charge is 0.191 e. The highest BCUT2D eigenvalue weighted by Gasteiger charge is 2.07. The lowest BCUT2D eigenvalue weighted by Crippen LogP contribution is -2.38. The average molecular weight is 480 g/mol. The zero-order valence-electron chi connectivity index (χ0n) is 16.2. The highest BCUT2D eigenvalue weighted by atomic mass is 127. The quantitative estimate of drug-likeness (QED) is 0.275. The van der Waals surface area contributed by atoms with E-state index in [0.29, 0.717) is 12.5 Å². The maximum atomic E-state index is 4.44. The van der Waals surface area contributed by atoms with E-state index in [4.69, 9.17) is 0 Å². The highest BCUT2D eigenvalue weighted by molar-refractivity contribution is 14.0. The molecule has 0 bridgehead atoms. The zero-order chi connectivity index (χ0) is 18.4. The first-order chi connectivity index (χ1) is 12.7. The molecule has 6 nitrogen and oxygen atoms in total. The fourth-order valence-electron chi connectivity index (χ4n) is 3.10. The number of aliphatic imine (C=N–C) groups is 1. The summed E-state index contributed by atoms with van der Waals surface area (Å²) in [7, 11) is 1.79. The van der Waals surface area contributed by atoms with E-state index in [0.717, 1.165) is 31.3 Å². The molecule has 0 unspecified atom stereocenters. The molecule has 7 heteroatoms. The van der Waals surface area contributed by atoms with Crippen LogP contribution in [0.2, 0.25) is 0 Å². The molecule has 0 radical (unpaired) electrons. The molecule has 0 aliphatic carbocycles. The van der Waals surface area contributed by atoms with Crippen LogP contribution in [0.15, 0.2) is 47.8 Å². The van der Waals surface area contributed by atoms with Gasteiger partial charge in [-0.2, -0.15) is 0 Å². The van der Waals surface area contributed by atoms with E-state index in [1.807, 2.05) is 12.4 Å². The fraction of sp³-hybridized carbons (Fsp3) is 0.400. The number of halogens is 1. The molecule has 1 aromatic carbocycles. The second-order valence-corrected chi connectivity index (χ2v) is 6.85. The third-order valence-electron chi connectivity index (χ3n) is 4.36. The summed E-state index contributed by atoms with van der Waals surface area (Å²) in [6.45, 7) is 6.88. The predicted octanol–water partition coefficient (Wildman–Crippen LogP) is 3.55. The van der Waals surface area contributed by atoms with Crippen molar-refractivity contribution in [3.8, 4) is 0 Å². The molecular weight excluding hydrogens is 451 g/mol. The largest absolute Gasteiger partial charge is 0.361 e. The van der Waals surface area contributed by atoms with Crippen molar-refractivity contribution in [2.45, 2.75) is 33.4 Å². The molecule has 0 saturated carbocycles. The van der Waals surface area contributed by atoms with E-state index in [-0.39, 0.29) is 24.0 Å². The number of H-pyrrole nitrogens is 1. The molecule has 3 aromatic rings. The standard InChI is InChI=1S/C20H28N6.HI/c1-15(2)14-26-11-10-22-19(26)13-25-20(21-3)23-9-8-16-12-24-18-7-5-4-6-17(16)18;/h4-7,10-12,15,24H,8-9,13-14H2,1-3H3,(H2,21,23,25);1H. The summed E-state index contributed by atoms with van der Waals surface area (Å²) in [5, 5.41) is 8.02. The Morgan fingerprint density at radius 1 is 1.26 bits per heavy atom. The molecule has 0 atom stereocenters. The minimum atomic E-state index is 0. The number of hydrogen-bond acceptors (Lipinski definition) is 2. The molecule has 3 rings (SSSR count). The maximum absolute atomic E-state index is 4.44. The SMILES string of the molecule is CN=C(NCCc1c[nH]c2ccccc12)NCc1nccn1CC(C)C.I. The van der Waals surface area contributed by atoms with E-state index in [1.54, 1.807) is 7.05 Å². The number of fused-ring (bicyclic) bond motifs is 1. The maximum Gasteiger partial charge on any atom is 0.191 e. The van der Waals surface area contributed by atoms with Crippen LogP contribution in [-0.4, -0.2) is 34.1 Å². The van der Waals surface area contributed by atoms with Gasteiger partial charge in [-0.15, -0.1) is 24.0 Å². The van der Waals surface area contributed by atoms with Gasteiger partial charge in [0.25, 0.3) is 0 Å². The molecule has 27 heavy (non-hydrogen) atoms. The van der Waals surface area contributed by atoms with E-state index < -0.39 is 0 Å². The van der Waals surface area contributed by atoms with Gasteiger partial charge in [-0.1, -0.05) is 32.0 Å². The van der Waals surface area contributed by atoms with Crippen LogP contribution < -0.4 is 10.6 Å². The lowest BCUT2D eigenvalue weighted by atomic mass is 10.1. The van der Waals surface area contributed by atoms with Crippen LogP contribution >= 0.6 is 24.0 Å². The average Bonchev–Trinajstić information content (AvgIpc) is 3.24. The summed E-state index contributed by atoms with van der Waals surface area (Å²) < 4.78 is 2.19. The van der Waals surface area contributed by atoms with Crippen LogP contribution in [0.1, 0.15) is 25.2 Å². The summed E-state index contributed by atoms with van der Waals surface area (Å²) in [6, 6.07) is 8.39. The molecule has 0 aliphatic heterocycles. The molecule has 0 spiro atoms. The fourth-order valence-corrected chi connectivity index (χ4v) is 3.10. The van der Waals surface area contributed by atoms with Gasteiger partial charge in [-0.05, 0) is 24.0 Å². The highest BCUT2D eigenvalue weighted by Crippen LogP contribution is 2.17. The van der Waals surface area contributed by atoms with E-state index in [1.165, 1.54) is 16.5 Å². The van der Waals surface area contributed by atoms with Gasteiger partial charge >= 0.3 is 0 Å². The van der Waals surface area contributed by atoms with Gasteiger partial charge in [-0.25, -0.2) is 4.98 Å². The molecule has 0 fully saturated rings. The topological polar surface area (TPSA) is 70.0 Å². The van der Waals surface area contributed by atoms with Crippen molar-refractivity contribution in [1.82, 2.24) is 25.2 Å². The molecule has 0 saturated heterocycles. The lowest BCUT2D eigenvalue weighted by Gasteiger charge is -2.14. The molecule has 2 aromatic heterocycles. The summed E-state index contributed by atoms with van der Waals surface area (Å²) in [6.07, 6.45) is 6.91. The van der Waals surface area contributed by atoms with Crippen molar-refractivity contribution in [1.29, 1.82) is 0 Å². The minimum absolute atomic E-state index is 0. The Morgan fingerprint density at radius 3 is 2.85 bits per heavy atom. The van der Waals surface area contributed by atoms with E-state index in [2.05, 4.69) is 74.5 Å². The van der Waals surface area contributed by atoms with Crippen molar-refractivity contribution < 1.29 is 0 Å². The van der Waals surface area contributed by atoms with Gasteiger partial charge in [0.2, 0.25) is 0 Å². The lowest BCUT2D eigenvalue weighted by molar-refractivity contribution is 0.503. The van der Waals surface area contributed by atoms with Crippen molar-refractivity contribution in [2.24, 2.45) is 10.9 Å². The Kier molecular flexibility index (Phi) is 8.15. The van der Waals surface area contributed by atoms with Crippen LogP contribution in [-0.2, 0) is 19.5 Å². The van der Waals surface area contributed by atoms with Crippen molar-refractivity contribution >= 4 is 40.8 Å². The third kappa shape index (κ3) is 5.72. The van der Waals surface area contributed by atoms with Gasteiger partial charge in [0.05, 0.1) is 6.54 Å². The number of guanidine groups is 1. The Balaban J connectivity index is 0.00000261. The van der Waals surface area contributed by atoms with Crippen LogP contribution in [0.5, 0.6) is 0 Å². The van der Waals surface area contributed by atoms with Crippen LogP contribution in [0.25, 0.3) is 10.9 Å². The number of aromatic nitrogens is 3. The van der Waals surface area contributed by atoms with Crippen LogP contribution in [0.3, 0.4) is 0 Å². The van der Waals surface area contributed by atoms with Gasteiger partial charge in [0.15, 0.2) is 5.96 Å². The Labute approximate surface area is 177 Å². The number of imidazole rings is 1. The molecule has 146 valence electrons. The number of aromatic amines is 1. The third-order valence-corrected chi connectivity index (χ3v) is 4.36. The monoisotopic (exact) mass is 480 g/mol. The predicted molar refractivity (Wildman–Crippen MR) is 123 cm³/mol. The second kappa shape index (κ2) is 10.3. The number of para-hydroxylation sites is 1. The first-order valence-corrected chi connectivity index (χ1v) is 9.17. The number of hydrogen-bond donors (Lipinski definition) is 3. The van der Waals surface area contributed by atoms with Crippen LogP contribution in [0, 0.1) is 5.92 Å². The van der Waals surface area contributed by atoms with Crippen LogP contribution in [0.4, 0.5) is 0 Å². The Morgan fingerprint density at radius 2 is 2.07 bits per heavy atom. The summed E-state index contributed by atoms with van der Waals surface area (Å²) in [4.78, 5) is 12.1. The van der Waals surface area contributed by atoms with Gasteiger partial charge in [0.1, 0.15) is 5.82 Å². The van der Waals surface area contributed by atoms with Gasteiger partial charge in [-0.3, -0.25) is 4.99 Å². The van der Waals surface area contributed by atoms with Gasteiger partial charge < -0.3 is 20.2 Å². The van der Waals surface area contributed by atoms with Crippen molar-refractivity contribution in [3.63, 3.8) is 0 Å². The first-order valence-electron chi connectivity index (χ1n) is 9.17. The number of benzene rings is 1. The molecule has 0 aliphatic rings. The summed E-state index contributed by atoms with van der Waals surface area (Å²) >= 11 is 0. The molecular formula is C20H29IN6. The number of nitrogens with zero attached hydrogens (tertiary/aromatic N) is 3. The normalized spacial score (nSPS) is 11.6. The first kappa shape index (κ1) is 21.3. The number of nitrogens with one attached hydrogen (secondary N) is 3. The molecule has 0 amide bonds. The second-order valence-electron chi connectivity index (χ2n) is 6.85. The Bertz CT molecular complexity index is 864. The molecule has 3 N–H and O–H groups in total. The van der Waals surface area contributed by atoms with Gasteiger partial charge in [0, 0.05) is 49.6 Å².